The molecule has 0 N–H and O–H groups in total. The molecule has 0 spiro atoms. The number of sulfone groups is 1. The fraction of sp³-hybridized carbons (Fsp3) is 0.346. The monoisotopic (exact) mass is 435 g/mol. The van der Waals surface area contributed by atoms with E-state index in [0.29, 0.717) is 18.5 Å². The SMILES string of the molecule is CC(C)(C)c1ccc(C(=O)N(Cc2cccc3ccccc23)C2CCS(=O)(=O)C2)cc1. The summed E-state index contributed by atoms with van der Waals surface area (Å²) in [5.41, 5.74) is 2.79. The van der Waals surface area contributed by atoms with Crippen molar-refractivity contribution in [3.63, 3.8) is 0 Å². The first-order valence-corrected chi connectivity index (χ1v) is 12.5. The van der Waals surface area contributed by atoms with Gasteiger partial charge in [-0.3, -0.25) is 4.79 Å². The van der Waals surface area contributed by atoms with Gasteiger partial charge >= 0.3 is 0 Å². The van der Waals surface area contributed by atoms with Crippen LogP contribution < -0.4 is 0 Å². The van der Waals surface area contributed by atoms with Gasteiger partial charge in [0.25, 0.3) is 5.91 Å². The predicted octanol–water partition coefficient (Wildman–Crippen LogP) is 4.97. The van der Waals surface area contributed by atoms with Gasteiger partial charge in [0.15, 0.2) is 9.84 Å². The van der Waals surface area contributed by atoms with E-state index in [1.165, 1.54) is 0 Å². The minimum atomic E-state index is -3.11. The molecule has 5 heteroatoms. The summed E-state index contributed by atoms with van der Waals surface area (Å²) >= 11 is 0. The molecular formula is C26H29NO3S. The minimum Gasteiger partial charge on any atom is -0.330 e. The Morgan fingerprint density at radius 1 is 0.968 bits per heavy atom. The van der Waals surface area contributed by atoms with Crippen LogP contribution in [0.4, 0.5) is 0 Å². The number of nitrogens with zero attached hydrogens (tertiary/aromatic N) is 1. The molecular weight excluding hydrogens is 406 g/mol. The highest BCUT2D eigenvalue weighted by Crippen LogP contribution is 2.27. The maximum absolute atomic E-state index is 13.6. The summed E-state index contributed by atoms with van der Waals surface area (Å²) in [6.07, 6.45) is 0.485. The topological polar surface area (TPSA) is 54.5 Å². The Hall–Kier alpha value is -2.66. The quantitative estimate of drug-likeness (QED) is 0.582. The highest BCUT2D eigenvalue weighted by Gasteiger charge is 2.35. The second kappa shape index (κ2) is 8.12. The van der Waals surface area contributed by atoms with Crippen LogP contribution in [-0.2, 0) is 21.8 Å². The van der Waals surface area contributed by atoms with Crippen molar-refractivity contribution in [2.24, 2.45) is 0 Å². The number of carbonyl (C=O) groups is 1. The van der Waals surface area contributed by atoms with Gasteiger partial charge in [0.2, 0.25) is 0 Å². The summed E-state index contributed by atoms with van der Waals surface area (Å²) in [6.45, 7) is 6.81. The smallest absolute Gasteiger partial charge is 0.254 e. The normalized spacial score (nSPS) is 18.2. The van der Waals surface area contributed by atoms with E-state index < -0.39 is 9.84 Å². The van der Waals surface area contributed by atoms with Crippen LogP contribution in [0.5, 0.6) is 0 Å². The zero-order valence-electron chi connectivity index (χ0n) is 18.3. The van der Waals surface area contributed by atoms with Gasteiger partial charge in [-0.05, 0) is 45.9 Å². The van der Waals surface area contributed by atoms with E-state index in [1.807, 2.05) is 48.5 Å². The molecule has 4 rings (SSSR count). The first-order valence-electron chi connectivity index (χ1n) is 10.7. The molecule has 0 saturated carbocycles. The Morgan fingerprint density at radius 3 is 2.29 bits per heavy atom. The van der Waals surface area contributed by atoms with Crippen LogP contribution in [-0.4, -0.2) is 36.8 Å². The summed E-state index contributed by atoms with van der Waals surface area (Å²) in [5.74, 6) is 0.0549. The molecule has 1 amide bonds. The molecule has 1 saturated heterocycles. The first-order chi connectivity index (χ1) is 14.6. The molecule has 4 nitrogen and oxygen atoms in total. The lowest BCUT2D eigenvalue weighted by Gasteiger charge is -2.29. The van der Waals surface area contributed by atoms with Crippen molar-refractivity contribution < 1.29 is 13.2 Å². The van der Waals surface area contributed by atoms with Crippen molar-refractivity contribution in [1.82, 2.24) is 4.90 Å². The number of fused-ring (bicyclic) bond motifs is 1. The molecule has 1 aliphatic heterocycles. The van der Waals surface area contributed by atoms with Crippen molar-refractivity contribution >= 4 is 26.5 Å². The third-order valence-electron chi connectivity index (χ3n) is 6.13. The number of rotatable bonds is 4. The van der Waals surface area contributed by atoms with Gasteiger partial charge in [-0.15, -0.1) is 0 Å². The zero-order valence-corrected chi connectivity index (χ0v) is 19.2. The van der Waals surface area contributed by atoms with Gasteiger partial charge in [0.05, 0.1) is 11.5 Å². The van der Waals surface area contributed by atoms with E-state index >= 15 is 0 Å². The molecule has 1 atom stereocenters. The van der Waals surface area contributed by atoms with Crippen molar-refractivity contribution in [2.45, 2.75) is 45.2 Å². The third kappa shape index (κ3) is 4.67. The number of hydrogen-bond acceptors (Lipinski definition) is 3. The molecule has 0 radical (unpaired) electrons. The molecule has 0 aromatic heterocycles. The Balaban J connectivity index is 1.70. The maximum Gasteiger partial charge on any atom is 0.254 e. The van der Waals surface area contributed by atoms with Crippen LogP contribution in [0.1, 0.15) is 48.7 Å². The summed E-state index contributed by atoms with van der Waals surface area (Å²) in [6, 6.07) is 21.6. The highest BCUT2D eigenvalue weighted by atomic mass is 32.2. The van der Waals surface area contributed by atoms with Crippen LogP contribution in [0.2, 0.25) is 0 Å². The van der Waals surface area contributed by atoms with E-state index in [2.05, 4.69) is 39.0 Å². The average Bonchev–Trinajstić information content (AvgIpc) is 3.10. The first kappa shape index (κ1) is 21.6. The highest BCUT2D eigenvalue weighted by molar-refractivity contribution is 7.91. The van der Waals surface area contributed by atoms with E-state index in [-0.39, 0.29) is 28.9 Å². The standard InChI is InChI=1S/C26H29NO3S/c1-26(2,3)22-13-11-20(12-14-22)25(28)27(23-15-16-31(29,30)18-23)17-21-9-6-8-19-7-4-5-10-24(19)21/h4-14,23H,15-18H2,1-3H3. The molecule has 31 heavy (non-hydrogen) atoms. The molecule has 1 aliphatic rings. The lowest BCUT2D eigenvalue weighted by Crippen LogP contribution is -2.40. The van der Waals surface area contributed by atoms with Crippen LogP contribution in [0.25, 0.3) is 10.8 Å². The lowest BCUT2D eigenvalue weighted by atomic mass is 9.86. The second-order valence-corrected chi connectivity index (χ2v) is 11.7. The fourth-order valence-electron chi connectivity index (χ4n) is 4.28. The molecule has 3 aromatic carbocycles. The van der Waals surface area contributed by atoms with Gasteiger partial charge < -0.3 is 4.90 Å². The average molecular weight is 436 g/mol. The van der Waals surface area contributed by atoms with Crippen molar-refractivity contribution in [1.29, 1.82) is 0 Å². The number of carbonyl (C=O) groups excluding carboxylic acids is 1. The second-order valence-electron chi connectivity index (χ2n) is 9.46. The largest absolute Gasteiger partial charge is 0.330 e. The molecule has 162 valence electrons. The molecule has 0 bridgehead atoms. The van der Waals surface area contributed by atoms with Crippen LogP contribution in [0.15, 0.2) is 66.7 Å². The number of hydrogen-bond donors (Lipinski definition) is 0. The summed E-state index contributed by atoms with van der Waals surface area (Å²) in [7, 11) is -3.11. The molecule has 1 unspecified atom stereocenters. The van der Waals surface area contributed by atoms with Crippen LogP contribution in [0.3, 0.4) is 0 Å². The summed E-state index contributed by atoms with van der Waals surface area (Å²) in [4.78, 5) is 15.3. The predicted molar refractivity (Wildman–Crippen MR) is 126 cm³/mol. The number of amides is 1. The Labute approximate surface area is 184 Å². The molecule has 1 heterocycles. The van der Waals surface area contributed by atoms with Gasteiger partial charge in [0, 0.05) is 18.2 Å². The van der Waals surface area contributed by atoms with Crippen LogP contribution in [0, 0.1) is 0 Å². The van der Waals surface area contributed by atoms with Gasteiger partial charge in [-0.1, -0.05) is 75.4 Å². The van der Waals surface area contributed by atoms with Gasteiger partial charge in [-0.25, -0.2) is 8.42 Å². The Bertz CT molecular complexity index is 1200. The van der Waals surface area contributed by atoms with Gasteiger partial charge in [0.1, 0.15) is 0 Å². The van der Waals surface area contributed by atoms with Crippen molar-refractivity contribution in [3.8, 4) is 0 Å². The van der Waals surface area contributed by atoms with E-state index in [4.69, 9.17) is 0 Å². The summed E-state index contributed by atoms with van der Waals surface area (Å²) in [5, 5.41) is 2.20. The third-order valence-corrected chi connectivity index (χ3v) is 7.88. The number of benzene rings is 3. The van der Waals surface area contributed by atoms with Crippen molar-refractivity contribution in [3.05, 3.63) is 83.4 Å². The van der Waals surface area contributed by atoms with E-state index in [9.17, 15) is 13.2 Å². The minimum absolute atomic E-state index is 0.00372. The van der Waals surface area contributed by atoms with Gasteiger partial charge in [-0.2, -0.15) is 0 Å². The molecule has 0 aliphatic carbocycles. The zero-order chi connectivity index (χ0) is 22.2. The van der Waals surface area contributed by atoms with Crippen LogP contribution >= 0.6 is 0 Å². The maximum atomic E-state index is 13.6. The molecule has 3 aromatic rings. The van der Waals surface area contributed by atoms with Crippen molar-refractivity contribution in [2.75, 3.05) is 11.5 Å². The van der Waals surface area contributed by atoms with E-state index in [1.54, 1.807) is 4.90 Å². The summed E-state index contributed by atoms with van der Waals surface area (Å²) < 4.78 is 24.4. The molecule has 1 fully saturated rings. The Morgan fingerprint density at radius 2 is 1.65 bits per heavy atom. The Kier molecular flexibility index (Phi) is 5.65. The lowest BCUT2D eigenvalue weighted by molar-refractivity contribution is 0.0681. The van der Waals surface area contributed by atoms with E-state index in [0.717, 1.165) is 21.9 Å². The fourth-order valence-corrected chi connectivity index (χ4v) is 6.01.